The van der Waals surface area contributed by atoms with Crippen LogP contribution in [-0.2, 0) is 25.4 Å². The van der Waals surface area contributed by atoms with Crippen LogP contribution < -0.4 is 165 Å². The number of rotatable bonds is 0. The molecule has 8 heteroatoms. The van der Waals surface area contributed by atoms with Gasteiger partial charge >= 0.3 is 186 Å². The predicted molar refractivity (Wildman–Crippen MR) is 0.686 cm³/mol. The Hall–Kier alpha value is 5.44. The van der Waals surface area contributed by atoms with Crippen LogP contribution in [0.25, 0.3) is 0 Å². The Morgan fingerprint density at radius 2 is 1.00 bits per heavy atom. The topological polar surface area (TPSA) is 63.2 Å². The average Bonchev–Trinajstić information content (AvgIpc) is 0.811. The van der Waals surface area contributed by atoms with Gasteiger partial charge in [-0.2, -0.15) is 0 Å². The third-order valence-corrected chi connectivity index (χ3v) is 0. The van der Waals surface area contributed by atoms with Crippen LogP contribution in [0.1, 0.15) is 0 Å². The van der Waals surface area contributed by atoms with Crippen LogP contribution in [0, 0.1) is 0 Å². The van der Waals surface area contributed by atoms with Gasteiger partial charge in [-0.25, -0.2) is 0 Å². The van der Waals surface area contributed by atoms with E-state index in [4.69, 9.17) is 9.18 Å². The van der Waals surface area contributed by atoms with Crippen molar-refractivity contribution >= 4 is 0 Å². The molecule has 0 saturated carbocycles. The maximum atomic E-state index is 8.61. The third kappa shape index (κ3) is 42.1. The molecule has 0 atom stereocenters. The van der Waals surface area contributed by atoms with Gasteiger partial charge in [0.05, 0.1) is 0 Å². The molecule has 0 rings (SSSR count). The second kappa shape index (κ2) is 22.9. The van der Waals surface area contributed by atoms with E-state index in [1.165, 1.54) is 0 Å². The monoisotopic (exact) mass is 274 g/mol. The molecule has 0 saturated heterocycles. The van der Waals surface area contributed by atoms with E-state index in [-0.39, 0.29) is 159 Å². The molecule has 0 N–H and O–H groups in total. The van der Waals surface area contributed by atoms with Crippen LogP contribution >= 0.6 is 0 Å². The van der Waals surface area contributed by atoms with Crippen LogP contribution in [0.2, 0.25) is 0 Å². The molecule has 0 aliphatic heterocycles. The third-order valence-electron chi connectivity index (χ3n) is 0. The van der Waals surface area contributed by atoms with Crippen LogP contribution in [0.3, 0.4) is 0 Å². The van der Waals surface area contributed by atoms with E-state index < -0.39 is 22.6 Å². The molecule has 0 aromatic heterocycles. The second-order valence-corrected chi connectivity index (χ2v) is 1.48. The molecule has 8 heavy (non-hydrogen) atoms. The molecule has 3 nitrogen and oxygen atoms in total. The van der Waals surface area contributed by atoms with Crippen molar-refractivity contribution in [2.75, 3.05) is 0 Å². The van der Waals surface area contributed by atoms with Crippen LogP contribution in [0.4, 0.5) is 0 Å². The SMILES string of the molecule is [F-].[K+].[K+].[K+].[O]=[Zr]([O-])[O-]. The molecule has 0 heterocycles. The van der Waals surface area contributed by atoms with E-state index in [2.05, 4.69) is 0 Å². The fourth-order valence-electron chi connectivity index (χ4n) is 0. The summed E-state index contributed by atoms with van der Waals surface area (Å²) in [5, 5.41) is 0. The maximum absolute atomic E-state index is 8.61. The minimum atomic E-state index is -4.29. The standard InChI is InChI=1S/FH.3K.3O.Zr/h1H;;;;;;;/q;3*+1;;2*-1;/p-1. The molecular formula is FK3O3Zr. The van der Waals surface area contributed by atoms with Crippen LogP contribution in [-0.4, -0.2) is 0 Å². The molecule has 0 aliphatic carbocycles. The first-order chi connectivity index (χ1) is 1.73. The summed E-state index contributed by atoms with van der Waals surface area (Å²) < 4.78 is 25.8. The molecule has 0 bridgehead atoms. The number of hydrogen-bond acceptors (Lipinski definition) is 3. The first-order valence-corrected chi connectivity index (χ1v) is 3.62. The Morgan fingerprint density at radius 3 is 1.00 bits per heavy atom. The van der Waals surface area contributed by atoms with Crippen molar-refractivity contribution in [2.24, 2.45) is 0 Å². The quantitative estimate of drug-likeness (QED) is 0.413. The molecule has 0 aromatic carbocycles. The molecular weight excluding hydrogens is 276 g/mol. The molecule has 0 spiro atoms. The fraction of sp³-hybridized carbons (Fsp3) is 0. The van der Waals surface area contributed by atoms with Gasteiger partial charge in [0.15, 0.2) is 0 Å². The van der Waals surface area contributed by atoms with Gasteiger partial charge in [-0.15, -0.1) is 0 Å². The van der Waals surface area contributed by atoms with E-state index in [1.54, 1.807) is 0 Å². The van der Waals surface area contributed by atoms with Gasteiger partial charge in [-0.1, -0.05) is 0 Å². The summed E-state index contributed by atoms with van der Waals surface area (Å²) >= 11 is -4.29. The minimum absolute atomic E-state index is 0. The van der Waals surface area contributed by atoms with E-state index in [0.29, 0.717) is 0 Å². The van der Waals surface area contributed by atoms with Crippen LogP contribution in [0.15, 0.2) is 0 Å². The summed E-state index contributed by atoms with van der Waals surface area (Å²) in [6.07, 6.45) is 0. The number of halogens is 1. The summed E-state index contributed by atoms with van der Waals surface area (Å²) in [5.41, 5.74) is 0. The van der Waals surface area contributed by atoms with Crippen LogP contribution in [0.5, 0.6) is 0 Å². The molecule has 0 unspecified atom stereocenters. The zero-order chi connectivity index (χ0) is 3.58. The van der Waals surface area contributed by atoms with Gasteiger partial charge in [-0.05, 0) is 0 Å². The summed E-state index contributed by atoms with van der Waals surface area (Å²) in [7, 11) is 0. The van der Waals surface area contributed by atoms with E-state index in [0.717, 1.165) is 0 Å². The average molecular weight is 276 g/mol. The van der Waals surface area contributed by atoms with Crippen molar-refractivity contribution in [3.05, 3.63) is 0 Å². The Balaban J connectivity index is -0.00000000750. The summed E-state index contributed by atoms with van der Waals surface area (Å²) in [6.45, 7) is 0. The molecule has 0 aromatic rings. The predicted octanol–water partition coefficient (Wildman–Crippen LogP) is -14.5. The molecule has 32 valence electrons. The molecule has 0 aliphatic rings. The zero-order valence-corrected chi connectivity index (χ0v) is 16.9. The van der Waals surface area contributed by atoms with Gasteiger partial charge in [0, 0.05) is 0 Å². The Labute approximate surface area is 184 Å². The van der Waals surface area contributed by atoms with Crippen molar-refractivity contribution in [1.82, 2.24) is 0 Å². The summed E-state index contributed by atoms with van der Waals surface area (Å²) in [4.78, 5) is 0. The van der Waals surface area contributed by atoms with Crippen molar-refractivity contribution in [1.29, 1.82) is 0 Å². The zero-order valence-electron chi connectivity index (χ0n) is 5.10. The van der Waals surface area contributed by atoms with Gasteiger partial charge in [0.25, 0.3) is 0 Å². The summed E-state index contributed by atoms with van der Waals surface area (Å²) in [5.74, 6) is 0. The molecule has 0 amide bonds. The van der Waals surface area contributed by atoms with E-state index in [1.807, 2.05) is 0 Å². The Kier molecular flexibility index (Phi) is 83.4. The normalized spacial score (nSPS) is 3.25. The van der Waals surface area contributed by atoms with Gasteiger partial charge < -0.3 is 4.70 Å². The Morgan fingerprint density at radius 1 is 1.00 bits per heavy atom. The first-order valence-electron chi connectivity index (χ1n) is 0.612. The fourth-order valence-corrected chi connectivity index (χ4v) is 0. The van der Waals surface area contributed by atoms with Crippen molar-refractivity contribution < 1.29 is 191 Å². The number of hydrogen-bond donors (Lipinski definition) is 0. The summed E-state index contributed by atoms with van der Waals surface area (Å²) in [6, 6.07) is 0. The second-order valence-electron chi connectivity index (χ2n) is 0.250. The van der Waals surface area contributed by atoms with Crippen molar-refractivity contribution in [3.8, 4) is 0 Å². The molecule has 0 fully saturated rings. The van der Waals surface area contributed by atoms with Gasteiger partial charge in [0.2, 0.25) is 0 Å². The van der Waals surface area contributed by atoms with Gasteiger partial charge in [0.1, 0.15) is 0 Å². The van der Waals surface area contributed by atoms with E-state index >= 15 is 0 Å². The van der Waals surface area contributed by atoms with Gasteiger partial charge in [-0.3, -0.25) is 0 Å². The first kappa shape index (κ1) is 29.2. The van der Waals surface area contributed by atoms with Crippen molar-refractivity contribution in [2.45, 2.75) is 0 Å². The Bertz CT molecular complexity index is 37.5. The molecule has 0 radical (unpaired) electrons. The van der Waals surface area contributed by atoms with E-state index in [9.17, 15) is 0 Å². The van der Waals surface area contributed by atoms with Crippen molar-refractivity contribution in [3.63, 3.8) is 0 Å².